The van der Waals surface area contributed by atoms with Crippen LogP contribution in [-0.2, 0) is 13.6 Å². The second kappa shape index (κ2) is 5.49. The minimum atomic E-state index is 0.681. The monoisotopic (exact) mass is 276 g/mol. The van der Waals surface area contributed by atoms with Gasteiger partial charge in [0.2, 0.25) is 0 Å². The third-order valence-electron chi connectivity index (χ3n) is 5.57. The minimum absolute atomic E-state index is 0.681. The highest BCUT2D eigenvalue weighted by Gasteiger charge is 2.35. The summed E-state index contributed by atoms with van der Waals surface area (Å²) in [5.74, 6) is 0. The number of aromatic nitrogens is 2. The molecule has 1 N–H and O–H groups in total. The zero-order valence-electron chi connectivity index (χ0n) is 13.3. The molecule has 2 bridgehead atoms. The van der Waals surface area contributed by atoms with E-state index in [1.807, 2.05) is 11.7 Å². The van der Waals surface area contributed by atoms with Crippen molar-refractivity contribution in [1.29, 1.82) is 0 Å². The second-order valence-corrected chi connectivity index (χ2v) is 6.73. The molecule has 0 radical (unpaired) electrons. The van der Waals surface area contributed by atoms with Gasteiger partial charge in [-0.1, -0.05) is 6.42 Å². The van der Waals surface area contributed by atoms with Gasteiger partial charge in [0.1, 0.15) is 0 Å². The van der Waals surface area contributed by atoms with E-state index in [4.69, 9.17) is 0 Å². The number of aryl methyl sites for hydroxylation is 2. The van der Waals surface area contributed by atoms with Crippen LogP contribution in [0, 0.1) is 13.8 Å². The van der Waals surface area contributed by atoms with Crippen molar-refractivity contribution in [3.05, 3.63) is 17.0 Å². The Morgan fingerprint density at radius 1 is 1.15 bits per heavy atom. The largest absolute Gasteiger partial charge is 0.310 e. The molecule has 0 spiro atoms. The Kier molecular flexibility index (Phi) is 3.87. The molecule has 0 amide bonds. The zero-order valence-corrected chi connectivity index (χ0v) is 13.3. The van der Waals surface area contributed by atoms with Crippen LogP contribution in [0.4, 0.5) is 0 Å². The van der Waals surface area contributed by atoms with Crippen LogP contribution in [0.3, 0.4) is 0 Å². The lowest BCUT2D eigenvalue weighted by atomic mass is 9.82. The van der Waals surface area contributed by atoms with Crippen molar-refractivity contribution in [3.63, 3.8) is 0 Å². The molecule has 1 aromatic heterocycles. The van der Waals surface area contributed by atoms with Crippen LogP contribution in [0.15, 0.2) is 0 Å². The molecule has 2 unspecified atom stereocenters. The van der Waals surface area contributed by atoms with Crippen LogP contribution in [-0.4, -0.2) is 39.9 Å². The molecular formula is C16H28N4. The molecule has 1 aromatic rings. The molecule has 2 aliphatic heterocycles. The minimum Gasteiger partial charge on any atom is -0.310 e. The lowest BCUT2D eigenvalue weighted by Gasteiger charge is -2.47. The number of nitrogens with zero attached hydrogens (tertiary/aromatic N) is 3. The molecule has 3 heterocycles. The lowest BCUT2D eigenvalue weighted by molar-refractivity contribution is 0.0482. The van der Waals surface area contributed by atoms with Gasteiger partial charge in [-0.2, -0.15) is 5.10 Å². The van der Waals surface area contributed by atoms with E-state index >= 15 is 0 Å². The van der Waals surface area contributed by atoms with E-state index in [0.29, 0.717) is 6.04 Å². The maximum Gasteiger partial charge on any atom is 0.0641 e. The fourth-order valence-corrected chi connectivity index (χ4v) is 4.10. The molecule has 2 atom stereocenters. The average Bonchev–Trinajstić information content (AvgIpc) is 2.62. The van der Waals surface area contributed by atoms with Gasteiger partial charge in [0.15, 0.2) is 0 Å². The Labute approximate surface area is 122 Å². The van der Waals surface area contributed by atoms with Gasteiger partial charge >= 0.3 is 0 Å². The van der Waals surface area contributed by atoms with E-state index < -0.39 is 0 Å². The Hall–Kier alpha value is -0.870. The SMILES string of the molecule is Cc1nn(C)c(C)c1CNC1CC2CCCC(C1)N2C. The molecule has 2 saturated heterocycles. The highest BCUT2D eigenvalue weighted by Crippen LogP contribution is 2.32. The van der Waals surface area contributed by atoms with Gasteiger partial charge < -0.3 is 10.2 Å². The highest BCUT2D eigenvalue weighted by atomic mass is 15.3. The molecule has 4 nitrogen and oxygen atoms in total. The first-order chi connectivity index (χ1) is 9.56. The number of nitrogens with one attached hydrogen (secondary N) is 1. The van der Waals surface area contributed by atoms with E-state index in [1.165, 1.54) is 49.1 Å². The van der Waals surface area contributed by atoms with E-state index in [9.17, 15) is 0 Å². The van der Waals surface area contributed by atoms with Crippen molar-refractivity contribution >= 4 is 0 Å². The van der Waals surface area contributed by atoms with Crippen molar-refractivity contribution in [2.45, 2.75) is 70.6 Å². The summed E-state index contributed by atoms with van der Waals surface area (Å²) in [6.45, 7) is 5.26. The second-order valence-electron chi connectivity index (χ2n) is 6.73. The summed E-state index contributed by atoms with van der Waals surface area (Å²) < 4.78 is 2.00. The number of fused-ring (bicyclic) bond motifs is 2. The standard InChI is InChI=1S/C16H28N4/c1-11-16(12(2)20(4)18-11)10-17-13-8-14-6-5-7-15(9-13)19(14)3/h13-15,17H,5-10H2,1-4H3. The Morgan fingerprint density at radius 2 is 1.80 bits per heavy atom. The normalized spacial score (nSPS) is 30.7. The Morgan fingerprint density at radius 3 is 2.35 bits per heavy atom. The molecule has 20 heavy (non-hydrogen) atoms. The van der Waals surface area contributed by atoms with Gasteiger partial charge in [-0.25, -0.2) is 0 Å². The van der Waals surface area contributed by atoms with Gasteiger partial charge in [-0.3, -0.25) is 4.68 Å². The molecule has 0 saturated carbocycles. The predicted molar refractivity (Wildman–Crippen MR) is 81.7 cm³/mol. The van der Waals surface area contributed by atoms with Crippen LogP contribution < -0.4 is 5.32 Å². The summed E-state index contributed by atoms with van der Waals surface area (Å²) >= 11 is 0. The van der Waals surface area contributed by atoms with Crippen molar-refractivity contribution in [1.82, 2.24) is 20.0 Å². The van der Waals surface area contributed by atoms with E-state index in [-0.39, 0.29) is 0 Å². The quantitative estimate of drug-likeness (QED) is 0.918. The maximum atomic E-state index is 4.51. The van der Waals surface area contributed by atoms with Crippen LogP contribution in [0.2, 0.25) is 0 Å². The average molecular weight is 276 g/mol. The zero-order chi connectivity index (χ0) is 14.3. The summed E-state index contributed by atoms with van der Waals surface area (Å²) in [4.78, 5) is 2.63. The summed E-state index contributed by atoms with van der Waals surface area (Å²) in [7, 11) is 4.35. The van der Waals surface area contributed by atoms with Gasteiger partial charge in [-0.15, -0.1) is 0 Å². The fraction of sp³-hybridized carbons (Fsp3) is 0.812. The molecule has 2 fully saturated rings. The number of hydrogen-bond donors (Lipinski definition) is 1. The van der Waals surface area contributed by atoms with Crippen molar-refractivity contribution in [2.75, 3.05) is 7.05 Å². The summed E-state index contributed by atoms with van der Waals surface area (Å²) in [5, 5.41) is 8.31. The van der Waals surface area contributed by atoms with Crippen LogP contribution >= 0.6 is 0 Å². The molecule has 4 heteroatoms. The molecule has 0 aliphatic carbocycles. The Bertz CT molecular complexity index is 465. The third kappa shape index (κ3) is 2.51. The highest BCUT2D eigenvalue weighted by molar-refractivity contribution is 5.24. The van der Waals surface area contributed by atoms with Gasteiger partial charge in [0.05, 0.1) is 5.69 Å². The smallest absolute Gasteiger partial charge is 0.0641 e. The van der Waals surface area contributed by atoms with Gasteiger partial charge in [0, 0.05) is 43.0 Å². The topological polar surface area (TPSA) is 33.1 Å². The third-order valence-corrected chi connectivity index (χ3v) is 5.57. The first-order valence-electron chi connectivity index (χ1n) is 8.00. The number of piperidine rings is 2. The van der Waals surface area contributed by atoms with Gasteiger partial charge in [-0.05, 0) is 46.6 Å². The van der Waals surface area contributed by atoms with Crippen LogP contribution in [0.5, 0.6) is 0 Å². The first kappa shape index (κ1) is 14.1. The van der Waals surface area contributed by atoms with E-state index in [1.54, 1.807) is 0 Å². The molecular weight excluding hydrogens is 248 g/mol. The first-order valence-corrected chi connectivity index (χ1v) is 8.00. The maximum absolute atomic E-state index is 4.51. The van der Waals surface area contributed by atoms with E-state index in [2.05, 4.69) is 36.2 Å². The van der Waals surface area contributed by atoms with E-state index in [0.717, 1.165) is 18.6 Å². The Balaban J connectivity index is 1.62. The molecule has 3 rings (SSSR count). The summed E-state index contributed by atoms with van der Waals surface area (Å²) in [6, 6.07) is 2.28. The van der Waals surface area contributed by atoms with Gasteiger partial charge in [0.25, 0.3) is 0 Å². The van der Waals surface area contributed by atoms with Crippen molar-refractivity contribution in [2.24, 2.45) is 7.05 Å². The predicted octanol–water partition coefficient (Wildman–Crippen LogP) is 2.14. The summed E-state index contributed by atoms with van der Waals surface area (Å²) in [5.41, 5.74) is 3.85. The fourth-order valence-electron chi connectivity index (χ4n) is 4.10. The molecule has 112 valence electrons. The van der Waals surface area contributed by atoms with Crippen molar-refractivity contribution in [3.8, 4) is 0 Å². The molecule has 0 aromatic carbocycles. The van der Waals surface area contributed by atoms with Crippen LogP contribution in [0.1, 0.15) is 49.1 Å². The number of rotatable bonds is 3. The number of hydrogen-bond acceptors (Lipinski definition) is 3. The lowest BCUT2D eigenvalue weighted by Crippen LogP contribution is -2.54. The summed E-state index contributed by atoms with van der Waals surface area (Å²) in [6.07, 6.45) is 6.82. The van der Waals surface area contributed by atoms with Crippen molar-refractivity contribution < 1.29 is 0 Å². The molecule has 2 aliphatic rings. The van der Waals surface area contributed by atoms with Crippen LogP contribution in [0.25, 0.3) is 0 Å².